The van der Waals surface area contributed by atoms with Crippen molar-refractivity contribution in [2.75, 3.05) is 0 Å². The minimum Gasteiger partial charge on any atom is -0.211 e. The summed E-state index contributed by atoms with van der Waals surface area (Å²) in [6.07, 6.45) is 4.18. The number of isocyanates is 2. The van der Waals surface area contributed by atoms with Gasteiger partial charge in [0.25, 0.3) is 0 Å². The zero-order chi connectivity index (χ0) is 7.40. The van der Waals surface area contributed by atoms with E-state index in [0.29, 0.717) is 24.2 Å². The number of hydrogen-bond acceptors (Lipinski definition) is 4. The number of nitrogens with zero attached hydrogens (tertiary/aromatic N) is 2. The topological polar surface area (TPSA) is 58.9 Å². The molecule has 1 aliphatic carbocycles. The molecule has 0 atom stereocenters. The third kappa shape index (κ3) is 1.08. The molecule has 0 unspecified atom stereocenters. The van der Waals surface area contributed by atoms with Crippen molar-refractivity contribution in [2.24, 2.45) is 9.98 Å². The van der Waals surface area contributed by atoms with Crippen LogP contribution in [0.1, 0.15) is 12.8 Å². The van der Waals surface area contributed by atoms with Crippen molar-refractivity contribution in [3.05, 3.63) is 11.4 Å². The van der Waals surface area contributed by atoms with Crippen molar-refractivity contribution in [2.45, 2.75) is 12.8 Å². The Morgan fingerprint density at radius 1 is 1.00 bits per heavy atom. The molecule has 0 saturated heterocycles. The van der Waals surface area contributed by atoms with Crippen LogP contribution in [0, 0.1) is 0 Å². The molecule has 1 aliphatic rings. The van der Waals surface area contributed by atoms with Crippen LogP contribution in [0.25, 0.3) is 0 Å². The van der Waals surface area contributed by atoms with E-state index in [4.69, 9.17) is 0 Å². The molecule has 0 aromatic heterocycles. The van der Waals surface area contributed by atoms with E-state index in [9.17, 15) is 9.59 Å². The number of allylic oxidation sites excluding steroid dienone is 2. The van der Waals surface area contributed by atoms with E-state index in [1.807, 2.05) is 0 Å². The van der Waals surface area contributed by atoms with E-state index < -0.39 is 0 Å². The average molecular weight is 136 g/mol. The lowest BCUT2D eigenvalue weighted by Gasteiger charge is -2.11. The zero-order valence-corrected chi connectivity index (χ0v) is 5.13. The fraction of sp³-hybridized carbons (Fsp3) is 0.333. The van der Waals surface area contributed by atoms with Crippen molar-refractivity contribution in [3.8, 4) is 0 Å². The highest BCUT2D eigenvalue weighted by molar-refractivity contribution is 5.44. The molecule has 0 bridgehead atoms. The van der Waals surface area contributed by atoms with Gasteiger partial charge in [0.15, 0.2) is 0 Å². The SMILES string of the molecule is O=C=NC1=C(N=C=O)CC1. The van der Waals surface area contributed by atoms with Crippen LogP contribution in [0.2, 0.25) is 0 Å². The Labute approximate surface area is 57.0 Å². The summed E-state index contributed by atoms with van der Waals surface area (Å²) in [5.41, 5.74) is 1.11. The monoisotopic (exact) mass is 136 g/mol. The van der Waals surface area contributed by atoms with Gasteiger partial charge in [0.05, 0.1) is 11.4 Å². The molecular weight excluding hydrogens is 132 g/mol. The van der Waals surface area contributed by atoms with E-state index >= 15 is 0 Å². The highest BCUT2D eigenvalue weighted by Crippen LogP contribution is 2.28. The number of rotatable bonds is 2. The van der Waals surface area contributed by atoms with E-state index in [0.717, 1.165) is 0 Å². The lowest BCUT2D eigenvalue weighted by atomic mass is 10.0. The average Bonchev–Trinajstić information content (AvgIpc) is 1.93. The summed E-state index contributed by atoms with van der Waals surface area (Å²) in [5.74, 6) is 0. The number of aliphatic imine (C=N–C) groups is 2. The fourth-order valence-electron chi connectivity index (χ4n) is 0.700. The van der Waals surface area contributed by atoms with Gasteiger partial charge in [-0.2, -0.15) is 9.98 Å². The standard InChI is InChI=1S/C6H4N2O2/c9-3-7-5-1-2-6(5)8-4-10/h1-2H2. The van der Waals surface area contributed by atoms with E-state index in [1.54, 1.807) is 0 Å². The Bertz CT molecular complexity index is 239. The summed E-state index contributed by atoms with van der Waals surface area (Å²) in [5, 5.41) is 0. The van der Waals surface area contributed by atoms with Gasteiger partial charge in [-0.05, 0) is 12.8 Å². The molecule has 0 aromatic carbocycles. The highest BCUT2D eigenvalue weighted by Gasteiger charge is 2.15. The highest BCUT2D eigenvalue weighted by atomic mass is 16.1. The van der Waals surface area contributed by atoms with E-state index in [-0.39, 0.29) is 0 Å². The maximum atomic E-state index is 9.69. The Hall–Kier alpha value is -1.50. The molecule has 0 aromatic rings. The van der Waals surface area contributed by atoms with Gasteiger partial charge in [-0.1, -0.05) is 0 Å². The third-order valence-corrected chi connectivity index (χ3v) is 1.29. The van der Waals surface area contributed by atoms with Crippen LogP contribution >= 0.6 is 0 Å². The van der Waals surface area contributed by atoms with Crippen LogP contribution in [0.4, 0.5) is 0 Å². The Morgan fingerprint density at radius 3 is 1.60 bits per heavy atom. The molecule has 0 fully saturated rings. The summed E-state index contributed by atoms with van der Waals surface area (Å²) in [6.45, 7) is 0. The maximum Gasteiger partial charge on any atom is 0.240 e. The first-order chi connectivity index (χ1) is 4.88. The molecule has 10 heavy (non-hydrogen) atoms. The largest absolute Gasteiger partial charge is 0.240 e. The minimum atomic E-state index is 0.554. The predicted octanol–water partition coefficient (Wildman–Crippen LogP) is 0.663. The van der Waals surface area contributed by atoms with Crippen molar-refractivity contribution in [1.82, 2.24) is 0 Å². The summed E-state index contributed by atoms with van der Waals surface area (Å²) in [6, 6.07) is 0. The van der Waals surface area contributed by atoms with Crippen LogP contribution in [-0.4, -0.2) is 12.2 Å². The number of hydrogen-bond donors (Lipinski definition) is 0. The van der Waals surface area contributed by atoms with Crippen molar-refractivity contribution < 1.29 is 9.59 Å². The van der Waals surface area contributed by atoms with Crippen molar-refractivity contribution in [3.63, 3.8) is 0 Å². The lowest BCUT2D eigenvalue weighted by molar-refractivity contribution is 0.560. The van der Waals surface area contributed by atoms with Gasteiger partial charge in [0.2, 0.25) is 12.2 Å². The third-order valence-electron chi connectivity index (χ3n) is 1.29. The molecule has 0 radical (unpaired) electrons. The molecule has 0 aliphatic heterocycles. The first-order valence-corrected chi connectivity index (χ1v) is 2.76. The zero-order valence-electron chi connectivity index (χ0n) is 5.13. The summed E-state index contributed by atoms with van der Waals surface area (Å²) in [7, 11) is 0. The predicted molar refractivity (Wildman–Crippen MR) is 32.5 cm³/mol. The first kappa shape index (κ1) is 6.62. The second-order valence-corrected chi connectivity index (χ2v) is 1.80. The summed E-state index contributed by atoms with van der Waals surface area (Å²) >= 11 is 0. The molecule has 0 saturated carbocycles. The molecule has 4 nitrogen and oxygen atoms in total. The Kier molecular flexibility index (Phi) is 1.90. The molecular formula is C6H4N2O2. The Balaban J connectivity index is 2.85. The van der Waals surface area contributed by atoms with Gasteiger partial charge in [-0.25, -0.2) is 9.59 Å². The van der Waals surface area contributed by atoms with E-state index in [2.05, 4.69) is 9.98 Å². The van der Waals surface area contributed by atoms with Crippen LogP contribution in [-0.2, 0) is 9.59 Å². The molecule has 0 heterocycles. The molecule has 4 heteroatoms. The molecule has 0 N–H and O–H groups in total. The van der Waals surface area contributed by atoms with Crippen LogP contribution in [0.15, 0.2) is 21.4 Å². The van der Waals surface area contributed by atoms with Crippen molar-refractivity contribution >= 4 is 12.2 Å². The maximum absolute atomic E-state index is 9.69. The van der Waals surface area contributed by atoms with Gasteiger partial charge < -0.3 is 0 Å². The van der Waals surface area contributed by atoms with Gasteiger partial charge >= 0.3 is 0 Å². The second kappa shape index (κ2) is 2.87. The van der Waals surface area contributed by atoms with Crippen LogP contribution < -0.4 is 0 Å². The lowest BCUT2D eigenvalue weighted by Crippen LogP contribution is -1.98. The summed E-state index contributed by atoms with van der Waals surface area (Å²) in [4.78, 5) is 26.0. The smallest absolute Gasteiger partial charge is 0.211 e. The van der Waals surface area contributed by atoms with Crippen LogP contribution in [0.5, 0.6) is 0 Å². The molecule has 0 amide bonds. The second-order valence-electron chi connectivity index (χ2n) is 1.80. The van der Waals surface area contributed by atoms with Gasteiger partial charge in [-0.15, -0.1) is 0 Å². The quantitative estimate of drug-likeness (QED) is 0.413. The van der Waals surface area contributed by atoms with Gasteiger partial charge in [0, 0.05) is 0 Å². The first-order valence-electron chi connectivity index (χ1n) is 2.76. The molecule has 1 rings (SSSR count). The van der Waals surface area contributed by atoms with Gasteiger partial charge in [-0.3, -0.25) is 0 Å². The normalized spacial score (nSPS) is 14.8. The summed E-state index contributed by atoms with van der Waals surface area (Å²) < 4.78 is 0. The van der Waals surface area contributed by atoms with Gasteiger partial charge in [0.1, 0.15) is 0 Å². The molecule has 50 valence electrons. The van der Waals surface area contributed by atoms with Crippen molar-refractivity contribution in [1.29, 1.82) is 0 Å². The fourth-order valence-corrected chi connectivity index (χ4v) is 0.700. The van der Waals surface area contributed by atoms with Crippen LogP contribution in [0.3, 0.4) is 0 Å². The molecule has 0 spiro atoms. The van der Waals surface area contributed by atoms with E-state index in [1.165, 1.54) is 12.2 Å². The Morgan fingerprint density at radius 2 is 1.40 bits per heavy atom. The minimum absolute atomic E-state index is 0.554. The number of carbonyl (C=O) groups excluding carboxylic acids is 2.